The van der Waals surface area contributed by atoms with Crippen molar-refractivity contribution >= 4 is 41.5 Å². The van der Waals surface area contributed by atoms with Crippen LogP contribution in [0.1, 0.15) is 50.4 Å². The molecule has 0 spiro atoms. The highest BCUT2D eigenvalue weighted by Gasteiger charge is 2.40. The lowest BCUT2D eigenvalue weighted by Gasteiger charge is -2.32. The molecule has 10 N–H and O–H groups in total. The van der Waals surface area contributed by atoms with Crippen molar-refractivity contribution in [2.24, 2.45) is 5.73 Å². The molecule has 0 aromatic heterocycles. The summed E-state index contributed by atoms with van der Waals surface area (Å²) in [7, 11) is 0. The number of benzene rings is 1. The van der Waals surface area contributed by atoms with Crippen molar-refractivity contribution in [1.82, 2.24) is 21.3 Å². The zero-order valence-corrected chi connectivity index (χ0v) is 24.4. The topological polar surface area (TPSA) is 284 Å². The van der Waals surface area contributed by atoms with E-state index in [9.17, 15) is 48.9 Å². The molecule has 1 aromatic rings. The molecule has 17 heteroatoms. The van der Waals surface area contributed by atoms with Gasteiger partial charge in [0.15, 0.2) is 11.9 Å². The maximum atomic E-state index is 12.9. The van der Waals surface area contributed by atoms with E-state index in [-0.39, 0.29) is 24.8 Å². The van der Waals surface area contributed by atoms with Crippen LogP contribution in [0.5, 0.6) is 0 Å². The number of amides is 5. The van der Waals surface area contributed by atoms with Crippen molar-refractivity contribution < 1.29 is 58.7 Å². The average Bonchev–Trinajstić information content (AvgIpc) is 2.98. The van der Waals surface area contributed by atoms with Crippen molar-refractivity contribution in [2.45, 2.75) is 82.5 Å². The Morgan fingerprint density at radius 2 is 1.55 bits per heavy atom. The fourth-order valence-electron chi connectivity index (χ4n) is 3.75. The van der Waals surface area contributed by atoms with Gasteiger partial charge in [-0.15, -0.1) is 0 Å². The number of nitrogens with two attached hydrogens (primary N) is 1. The van der Waals surface area contributed by atoms with E-state index in [1.165, 1.54) is 26.0 Å². The minimum Gasteiger partial charge on any atom is -0.480 e. The summed E-state index contributed by atoms with van der Waals surface area (Å²) in [6.45, 7) is 2.73. The van der Waals surface area contributed by atoms with Crippen molar-refractivity contribution in [3.63, 3.8) is 0 Å². The molecule has 0 fully saturated rings. The number of carbonyl (C=O) groups excluding carboxylic acids is 6. The van der Waals surface area contributed by atoms with Crippen molar-refractivity contribution in [1.29, 1.82) is 0 Å². The number of rotatable bonds is 18. The third kappa shape index (κ3) is 11.9. The molecule has 0 saturated heterocycles. The van der Waals surface area contributed by atoms with Crippen LogP contribution in [-0.2, 0) is 28.7 Å². The van der Waals surface area contributed by atoms with Gasteiger partial charge in [0, 0.05) is 12.0 Å². The van der Waals surface area contributed by atoms with Gasteiger partial charge in [-0.25, -0.2) is 4.79 Å². The van der Waals surface area contributed by atoms with Gasteiger partial charge in [0.2, 0.25) is 17.7 Å². The van der Waals surface area contributed by atoms with Crippen LogP contribution in [0.3, 0.4) is 0 Å². The van der Waals surface area contributed by atoms with Gasteiger partial charge < -0.3 is 52.2 Å². The summed E-state index contributed by atoms with van der Waals surface area (Å²) in [5, 5.41) is 47.8. The van der Waals surface area contributed by atoms with E-state index in [2.05, 4.69) is 21.3 Å². The van der Waals surface area contributed by atoms with Gasteiger partial charge >= 0.3 is 12.1 Å². The number of hydrogen-bond acceptors (Lipinski definition) is 11. The number of alkyl carbamates (subject to hydrolysis) is 1. The molecule has 5 amide bonds. The molecule has 0 radical (unpaired) electrons. The molecule has 0 aliphatic carbocycles. The SMILES string of the molecule is CCC(NC(=O)O[C@@H]([C@H](O)[C@H](O)CO)[C@@H](NC(=O)c1ccccc1)C(C)=O)C(=O)NC(CCC(=O)NC(C)C(=O)O)C(N)=O. The van der Waals surface area contributed by atoms with Gasteiger partial charge in [0.05, 0.1) is 6.61 Å². The molecule has 0 bridgehead atoms. The summed E-state index contributed by atoms with van der Waals surface area (Å²) < 4.78 is 5.19. The largest absolute Gasteiger partial charge is 0.480 e. The van der Waals surface area contributed by atoms with Crippen LogP contribution in [0.4, 0.5) is 4.79 Å². The first kappa shape index (κ1) is 37.4. The number of primary amides is 1. The third-order valence-corrected chi connectivity index (χ3v) is 6.33. The Balaban J connectivity index is 3.03. The average molecular weight is 626 g/mol. The Labute approximate surface area is 252 Å². The molecular weight excluding hydrogens is 586 g/mol. The Morgan fingerprint density at radius 3 is 2.05 bits per heavy atom. The number of ether oxygens (including phenoxy) is 1. The molecule has 17 nitrogen and oxygen atoms in total. The first-order valence-corrected chi connectivity index (χ1v) is 13.5. The van der Waals surface area contributed by atoms with Gasteiger partial charge in [0.25, 0.3) is 5.91 Å². The van der Waals surface area contributed by atoms with Gasteiger partial charge in [0.1, 0.15) is 36.4 Å². The lowest BCUT2D eigenvalue weighted by atomic mass is 9.97. The molecule has 244 valence electrons. The minimum absolute atomic E-state index is 0.0730. The Hall–Kier alpha value is -4.61. The van der Waals surface area contributed by atoms with Crippen LogP contribution < -0.4 is 27.0 Å². The van der Waals surface area contributed by atoms with Crippen LogP contribution in [0.2, 0.25) is 0 Å². The molecule has 1 rings (SSSR count). The zero-order chi connectivity index (χ0) is 33.6. The summed E-state index contributed by atoms with van der Waals surface area (Å²) in [6.07, 6.45) is -8.02. The van der Waals surface area contributed by atoms with Crippen LogP contribution in [-0.4, -0.2) is 111 Å². The second kappa shape index (κ2) is 18.1. The summed E-state index contributed by atoms with van der Waals surface area (Å²) in [4.78, 5) is 85.6. The van der Waals surface area contributed by atoms with E-state index in [1.54, 1.807) is 18.2 Å². The first-order chi connectivity index (χ1) is 20.6. The minimum atomic E-state index is -2.07. The molecular formula is C27H39N5O12. The summed E-state index contributed by atoms with van der Waals surface area (Å²) in [6, 6.07) is 1.95. The van der Waals surface area contributed by atoms with E-state index >= 15 is 0 Å². The van der Waals surface area contributed by atoms with Crippen molar-refractivity contribution in [3.05, 3.63) is 35.9 Å². The first-order valence-electron chi connectivity index (χ1n) is 13.5. The lowest BCUT2D eigenvalue weighted by Crippen LogP contribution is -2.59. The quantitative estimate of drug-likeness (QED) is 0.0806. The monoisotopic (exact) mass is 625 g/mol. The van der Waals surface area contributed by atoms with Crippen molar-refractivity contribution in [2.75, 3.05) is 6.61 Å². The Bertz CT molecular complexity index is 1180. The fraction of sp³-hybridized carbons (Fsp3) is 0.519. The summed E-state index contributed by atoms with van der Waals surface area (Å²) >= 11 is 0. The lowest BCUT2D eigenvalue weighted by molar-refractivity contribution is -0.141. The number of nitrogens with one attached hydrogen (secondary N) is 4. The Kier molecular flexibility index (Phi) is 15.4. The van der Waals surface area contributed by atoms with E-state index in [1.807, 2.05) is 0 Å². The number of ketones is 1. The number of Topliss-reactive ketones (excluding diaryl/α,β-unsaturated/α-hetero) is 1. The van der Waals surface area contributed by atoms with E-state index in [0.717, 1.165) is 6.92 Å². The maximum absolute atomic E-state index is 12.9. The standard InChI is InChI=1S/C27H39N5O12/c1-4-16(25(40)30-17(23(28)38)10-11-19(36)29-13(2)26(41)42)31-27(43)44-22(21(37)18(35)12-33)20(14(3)34)32-24(39)15-8-6-5-7-9-15/h5-9,13,16-18,20-22,33,35,37H,4,10-12H2,1-3H3,(H2,28,38)(H,29,36)(H,30,40)(H,31,43)(H,32,39)(H,41,42)/t13?,16?,17?,18-,20+,21-,22-/m1/s1. The van der Waals surface area contributed by atoms with Crippen LogP contribution in [0.25, 0.3) is 0 Å². The van der Waals surface area contributed by atoms with Crippen LogP contribution in [0, 0.1) is 0 Å². The number of carboxylic acids is 1. The summed E-state index contributed by atoms with van der Waals surface area (Å²) in [5.74, 6) is -5.51. The molecule has 3 unspecified atom stereocenters. The molecule has 0 aliphatic rings. The van der Waals surface area contributed by atoms with Gasteiger partial charge in [-0.2, -0.15) is 0 Å². The van der Waals surface area contributed by atoms with Crippen molar-refractivity contribution in [3.8, 4) is 0 Å². The number of aliphatic hydroxyl groups is 3. The molecule has 44 heavy (non-hydrogen) atoms. The van der Waals surface area contributed by atoms with Gasteiger partial charge in [-0.3, -0.25) is 28.8 Å². The number of hydrogen-bond donors (Lipinski definition) is 9. The highest BCUT2D eigenvalue weighted by atomic mass is 16.6. The predicted molar refractivity (Wildman–Crippen MR) is 151 cm³/mol. The number of carboxylic acid groups (broad SMARTS) is 1. The fourth-order valence-corrected chi connectivity index (χ4v) is 3.75. The smallest absolute Gasteiger partial charge is 0.408 e. The molecule has 1 aromatic carbocycles. The molecule has 0 saturated carbocycles. The molecule has 0 heterocycles. The zero-order valence-electron chi connectivity index (χ0n) is 24.4. The summed E-state index contributed by atoms with van der Waals surface area (Å²) in [5.41, 5.74) is 5.44. The highest BCUT2D eigenvalue weighted by Crippen LogP contribution is 2.13. The third-order valence-electron chi connectivity index (χ3n) is 6.33. The van der Waals surface area contributed by atoms with E-state index < -0.39 is 90.6 Å². The van der Waals surface area contributed by atoms with Gasteiger partial charge in [-0.1, -0.05) is 25.1 Å². The maximum Gasteiger partial charge on any atom is 0.408 e. The number of aliphatic hydroxyl groups excluding tert-OH is 3. The number of aliphatic carboxylic acids is 1. The van der Waals surface area contributed by atoms with Gasteiger partial charge in [-0.05, 0) is 38.8 Å². The van der Waals surface area contributed by atoms with E-state index in [4.69, 9.17) is 15.6 Å². The molecule has 7 atom stereocenters. The normalized spacial score (nSPS) is 15.6. The second-order valence-electron chi connectivity index (χ2n) is 9.77. The molecule has 0 aliphatic heterocycles. The van der Waals surface area contributed by atoms with Crippen LogP contribution >= 0.6 is 0 Å². The predicted octanol–water partition coefficient (Wildman–Crippen LogP) is -2.70. The Morgan fingerprint density at radius 1 is 0.932 bits per heavy atom. The van der Waals surface area contributed by atoms with Crippen LogP contribution in [0.15, 0.2) is 30.3 Å². The highest BCUT2D eigenvalue weighted by molar-refractivity contribution is 5.98. The second-order valence-corrected chi connectivity index (χ2v) is 9.77. The number of carbonyl (C=O) groups is 7. The van der Waals surface area contributed by atoms with E-state index in [0.29, 0.717) is 0 Å².